The Hall–Kier alpha value is -3.18. The third kappa shape index (κ3) is 3.39. The van der Waals surface area contributed by atoms with Crippen molar-refractivity contribution in [3.05, 3.63) is 92.0 Å². The maximum absolute atomic E-state index is 13.1. The first-order valence-electron chi connectivity index (χ1n) is 10.8. The van der Waals surface area contributed by atoms with Crippen molar-refractivity contribution in [1.29, 1.82) is 0 Å². The number of rotatable bonds is 5. The molecule has 0 spiro atoms. The van der Waals surface area contributed by atoms with Crippen molar-refractivity contribution >= 4 is 33.4 Å². The fraction of sp³-hybridized carbons (Fsp3) is 0.231. The van der Waals surface area contributed by atoms with Gasteiger partial charge in [-0.05, 0) is 74.2 Å². The Morgan fingerprint density at radius 2 is 1.84 bits per heavy atom. The zero-order valence-electron chi connectivity index (χ0n) is 18.1. The van der Waals surface area contributed by atoms with Crippen LogP contribution in [0, 0.1) is 13.8 Å². The summed E-state index contributed by atoms with van der Waals surface area (Å²) in [6.45, 7) is 6.45. The van der Waals surface area contributed by atoms with Gasteiger partial charge in [-0.1, -0.05) is 48.9 Å². The van der Waals surface area contributed by atoms with E-state index in [1.165, 1.54) is 29.7 Å². The van der Waals surface area contributed by atoms with E-state index in [4.69, 9.17) is 0 Å². The minimum absolute atomic E-state index is 0.00113. The van der Waals surface area contributed by atoms with Crippen molar-refractivity contribution < 1.29 is 0 Å². The highest BCUT2D eigenvalue weighted by molar-refractivity contribution is 7.15. The third-order valence-electron chi connectivity index (χ3n) is 5.92. The van der Waals surface area contributed by atoms with Crippen molar-refractivity contribution in [2.45, 2.75) is 40.0 Å². The number of aryl methyl sites for hydroxylation is 2. The van der Waals surface area contributed by atoms with Gasteiger partial charge in [-0.2, -0.15) is 0 Å². The molecule has 0 amide bonds. The highest BCUT2D eigenvalue weighted by Crippen LogP contribution is 2.22. The molecule has 0 saturated carbocycles. The lowest BCUT2D eigenvalue weighted by molar-refractivity contribution is 0.794. The van der Waals surface area contributed by atoms with Gasteiger partial charge in [0.1, 0.15) is 0 Å². The van der Waals surface area contributed by atoms with Crippen LogP contribution in [0.2, 0.25) is 0 Å². The Balaban J connectivity index is 1.57. The first-order chi connectivity index (χ1) is 15.1. The van der Waals surface area contributed by atoms with Gasteiger partial charge in [0.05, 0.1) is 15.6 Å². The molecule has 0 bridgehead atoms. The smallest absolute Gasteiger partial charge is 0.274 e. The summed E-state index contributed by atoms with van der Waals surface area (Å²) < 4.78 is 4.69. The van der Waals surface area contributed by atoms with Crippen LogP contribution < -0.4 is 10.1 Å². The van der Waals surface area contributed by atoms with E-state index in [1.807, 2.05) is 30.3 Å². The van der Waals surface area contributed by atoms with E-state index in [0.717, 1.165) is 45.1 Å². The molecular weight excluding hydrogens is 402 g/mol. The number of hydrogen-bond donors (Lipinski definition) is 0. The summed E-state index contributed by atoms with van der Waals surface area (Å²) in [4.78, 5) is 18.5. The third-order valence-corrected chi connectivity index (χ3v) is 6.88. The summed E-state index contributed by atoms with van der Waals surface area (Å²) >= 11 is 1.45. The molecule has 0 aliphatic heterocycles. The van der Waals surface area contributed by atoms with E-state index in [0.29, 0.717) is 4.53 Å². The predicted molar refractivity (Wildman–Crippen MR) is 129 cm³/mol. The molecule has 4 nitrogen and oxygen atoms in total. The van der Waals surface area contributed by atoms with E-state index in [2.05, 4.69) is 60.7 Å². The van der Waals surface area contributed by atoms with Crippen LogP contribution in [0.4, 0.5) is 0 Å². The second-order valence-electron chi connectivity index (χ2n) is 8.07. The summed E-state index contributed by atoms with van der Waals surface area (Å²) in [5, 5.41) is 0. The standard InChI is InChI=1S/C26H25N3OS/c1-4-5-8-19-11-13-21(14-12-19)28-17(2)15-20(18(28)3)16-24-25(30)29-23-10-7-6-9-22(23)27-26(29)31-24/h6-7,9-16H,4-5,8H2,1-3H3/b24-16-. The number of aromatic nitrogens is 3. The summed E-state index contributed by atoms with van der Waals surface area (Å²) in [5.74, 6) is 0. The molecule has 5 heteroatoms. The van der Waals surface area contributed by atoms with Crippen LogP contribution in [-0.2, 0) is 6.42 Å². The van der Waals surface area contributed by atoms with Gasteiger partial charge in [0, 0.05) is 17.1 Å². The zero-order chi connectivity index (χ0) is 21.5. The molecule has 0 saturated heterocycles. The minimum Gasteiger partial charge on any atom is -0.318 e. The molecule has 3 heterocycles. The number of thiazole rings is 1. The summed E-state index contributed by atoms with van der Waals surface area (Å²) in [5.41, 5.74) is 7.62. The van der Waals surface area contributed by atoms with Gasteiger partial charge in [-0.3, -0.25) is 4.79 Å². The molecule has 5 rings (SSSR count). The first kappa shape index (κ1) is 19.8. The molecule has 0 radical (unpaired) electrons. The van der Waals surface area contributed by atoms with E-state index in [9.17, 15) is 4.79 Å². The summed E-state index contributed by atoms with van der Waals surface area (Å²) in [6.07, 6.45) is 5.56. The molecule has 3 aromatic heterocycles. The lowest BCUT2D eigenvalue weighted by atomic mass is 10.1. The molecule has 0 N–H and O–H groups in total. The van der Waals surface area contributed by atoms with Gasteiger partial charge in [-0.15, -0.1) is 0 Å². The molecule has 0 unspecified atom stereocenters. The van der Waals surface area contributed by atoms with Crippen LogP contribution in [0.5, 0.6) is 0 Å². The maximum atomic E-state index is 13.1. The summed E-state index contributed by atoms with van der Waals surface area (Å²) in [6, 6.07) is 18.8. The van der Waals surface area contributed by atoms with Gasteiger partial charge in [-0.25, -0.2) is 9.38 Å². The van der Waals surface area contributed by atoms with Crippen molar-refractivity contribution in [1.82, 2.24) is 14.0 Å². The summed E-state index contributed by atoms with van der Waals surface area (Å²) in [7, 11) is 0. The normalized spacial score (nSPS) is 12.4. The number of para-hydroxylation sites is 2. The Morgan fingerprint density at radius 1 is 1.06 bits per heavy atom. The van der Waals surface area contributed by atoms with Crippen LogP contribution in [0.25, 0.3) is 27.8 Å². The molecule has 2 aromatic carbocycles. The van der Waals surface area contributed by atoms with E-state index in [-0.39, 0.29) is 5.56 Å². The molecule has 0 fully saturated rings. The Kier molecular flexibility index (Phi) is 4.98. The molecule has 5 aromatic rings. The number of imidazole rings is 1. The second-order valence-corrected chi connectivity index (χ2v) is 9.08. The molecule has 0 aliphatic rings. The van der Waals surface area contributed by atoms with Gasteiger partial charge >= 0.3 is 0 Å². The SMILES string of the molecule is CCCCc1ccc(-n2c(C)cc(/C=c3\sc4nc5ccccc5n4c3=O)c2C)cc1. The second kappa shape index (κ2) is 7.82. The number of unbranched alkanes of at least 4 members (excludes halogenated alkanes) is 1. The number of hydrogen-bond acceptors (Lipinski definition) is 3. The van der Waals surface area contributed by atoms with Gasteiger partial charge < -0.3 is 4.57 Å². The lowest BCUT2D eigenvalue weighted by Gasteiger charge is -2.10. The van der Waals surface area contributed by atoms with Gasteiger partial charge in [0.25, 0.3) is 5.56 Å². The monoisotopic (exact) mass is 427 g/mol. The molecule has 0 atom stereocenters. The molecule has 31 heavy (non-hydrogen) atoms. The van der Waals surface area contributed by atoms with E-state index >= 15 is 0 Å². The highest BCUT2D eigenvalue weighted by atomic mass is 32.1. The van der Waals surface area contributed by atoms with E-state index in [1.54, 1.807) is 4.40 Å². The Labute approximate surface area is 185 Å². The zero-order valence-corrected chi connectivity index (χ0v) is 18.9. The Bertz CT molecular complexity index is 1500. The number of benzene rings is 2. The van der Waals surface area contributed by atoms with Crippen LogP contribution in [0.1, 0.15) is 42.3 Å². The first-order valence-corrected chi connectivity index (χ1v) is 11.6. The maximum Gasteiger partial charge on any atom is 0.274 e. The Morgan fingerprint density at radius 3 is 2.61 bits per heavy atom. The van der Waals surface area contributed by atoms with Crippen LogP contribution in [0.15, 0.2) is 59.4 Å². The molecule has 0 aliphatic carbocycles. The average molecular weight is 428 g/mol. The largest absolute Gasteiger partial charge is 0.318 e. The average Bonchev–Trinajstić information content (AvgIpc) is 3.38. The van der Waals surface area contributed by atoms with Gasteiger partial charge in [0.15, 0.2) is 4.96 Å². The van der Waals surface area contributed by atoms with Crippen LogP contribution in [-0.4, -0.2) is 14.0 Å². The fourth-order valence-corrected chi connectivity index (χ4v) is 5.25. The topological polar surface area (TPSA) is 39.3 Å². The molecular formula is C26H25N3OS. The van der Waals surface area contributed by atoms with Crippen molar-refractivity contribution in [3.63, 3.8) is 0 Å². The van der Waals surface area contributed by atoms with Gasteiger partial charge in [0.2, 0.25) is 0 Å². The highest BCUT2D eigenvalue weighted by Gasteiger charge is 2.13. The fourth-order valence-electron chi connectivity index (χ4n) is 4.28. The predicted octanol–water partition coefficient (Wildman–Crippen LogP) is 5.21. The van der Waals surface area contributed by atoms with E-state index < -0.39 is 0 Å². The van der Waals surface area contributed by atoms with Crippen molar-refractivity contribution in [2.24, 2.45) is 0 Å². The van der Waals surface area contributed by atoms with Crippen LogP contribution >= 0.6 is 11.3 Å². The van der Waals surface area contributed by atoms with Crippen LogP contribution in [0.3, 0.4) is 0 Å². The van der Waals surface area contributed by atoms with Crippen molar-refractivity contribution in [3.8, 4) is 5.69 Å². The quantitative estimate of drug-likeness (QED) is 0.386. The molecule has 156 valence electrons. The number of fused-ring (bicyclic) bond motifs is 3. The number of nitrogens with zero attached hydrogens (tertiary/aromatic N) is 3. The lowest BCUT2D eigenvalue weighted by Crippen LogP contribution is -2.22. The minimum atomic E-state index is -0.00113. The van der Waals surface area contributed by atoms with Crippen molar-refractivity contribution in [2.75, 3.05) is 0 Å².